The maximum absolute atomic E-state index is 2.26. The average Bonchev–Trinajstić information content (AvgIpc) is 2.12. The van der Waals surface area contributed by atoms with Gasteiger partial charge < -0.3 is 0 Å². The fraction of sp³-hybridized carbons (Fsp3) is 1.00. The molecule has 0 heterocycles. The van der Waals surface area contributed by atoms with Crippen LogP contribution in [0.2, 0.25) is 0 Å². The van der Waals surface area contributed by atoms with Gasteiger partial charge in [0.25, 0.3) is 0 Å². The molecule has 1 fully saturated rings. The predicted molar refractivity (Wildman–Crippen MR) is 30.2 cm³/mol. The van der Waals surface area contributed by atoms with E-state index < -0.39 is 0 Å². The normalized spacial score (nSPS) is 19.5. The molecule has 1 rings (SSSR count). The summed E-state index contributed by atoms with van der Waals surface area (Å²) >= 11 is 0. The van der Waals surface area contributed by atoms with Crippen LogP contribution in [-0.2, 0) is 0 Å². The van der Waals surface area contributed by atoms with Crippen LogP contribution in [0.25, 0.3) is 0 Å². The molecule has 6 heavy (non-hydrogen) atoms. The zero-order chi connectivity index (χ0) is 3.70. The fourth-order valence-corrected chi connectivity index (χ4v) is 0.526. The van der Waals surface area contributed by atoms with Crippen molar-refractivity contribution in [2.45, 2.75) is 26.2 Å². The van der Waals surface area contributed by atoms with Crippen LogP contribution in [0, 0.1) is 5.92 Å². The monoisotopic (exact) mass is 94.1 g/mol. The molecule has 0 aromatic carbocycles. The number of hydrogen-bond acceptors (Lipinski definition) is 0. The van der Waals surface area contributed by atoms with Crippen LogP contribution >= 0.6 is 0 Å². The summed E-state index contributed by atoms with van der Waals surface area (Å²) in [6, 6.07) is 0. The van der Waals surface area contributed by atoms with Crippen LogP contribution in [-0.4, -0.2) is 29.6 Å². The van der Waals surface area contributed by atoms with Gasteiger partial charge in [-0.05, 0) is 5.92 Å². The molecule has 0 bridgehead atoms. The van der Waals surface area contributed by atoms with Crippen molar-refractivity contribution >= 4 is 29.6 Å². The van der Waals surface area contributed by atoms with Gasteiger partial charge in [0, 0.05) is 0 Å². The molecule has 0 atom stereocenters. The van der Waals surface area contributed by atoms with Crippen molar-refractivity contribution in [2.24, 2.45) is 5.92 Å². The van der Waals surface area contributed by atoms with E-state index in [4.69, 9.17) is 0 Å². The molecule has 1 heteroatoms. The first kappa shape index (κ1) is 7.00. The topological polar surface area (TPSA) is 0 Å². The van der Waals surface area contributed by atoms with Gasteiger partial charge in [-0.2, -0.15) is 0 Å². The zero-order valence-electron chi connectivity index (χ0n) is 3.70. The first-order valence-electron chi connectivity index (χ1n) is 2.43. The number of rotatable bonds is 1. The maximum atomic E-state index is 2.26. The minimum atomic E-state index is 0. The van der Waals surface area contributed by atoms with E-state index in [0.717, 1.165) is 5.92 Å². The second-order valence-electron chi connectivity index (χ2n) is 1.85. The second-order valence-corrected chi connectivity index (χ2v) is 1.85. The second kappa shape index (κ2) is 3.06. The summed E-state index contributed by atoms with van der Waals surface area (Å²) < 4.78 is 0. The molecule has 0 nitrogen and oxygen atoms in total. The van der Waals surface area contributed by atoms with Crippen molar-refractivity contribution in [3.05, 3.63) is 0 Å². The molecule has 0 spiro atoms. The Morgan fingerprint density at radius 1 is 1.50 bits per heavy atom. The Bertz CT molecular complexity index is 30.9. The van der Waals surface area contributed by atoms with Crippen molar-refractivity contribution in [1.29, 1.82) is 0 Å². The Balaban J connectivity index is 0.000000250. The van der Waals surface area contributed by atoms with Crippen LogP contribution in [0.1, 0.15) is 26.2 Å². The molecule has 0 aromatic rings. The molecule has 0 saturated heterocycles. The summed E-state index contributed by atoms with van der Waals surface area (Å²) in [4.78, 5) is 0. The third-order valence-corrected chi connectivity index (χ3v) is 1.27. The first-order chi connectivity index (χ1) is 2.43. The van der Waals surface area contributed by atoms with E-state index in [1.54, 1.807) is 0 Å². The van der Waals surface area contributed by atoms with E-state index in [1.807, 2.05) is 0 Å². The van der Waals surface area contributed by atoms with Crippen molar-refractivity contribution in [1.82, 2.24) is 0 Å². The van der Waals surface area contributed by atoms with Gasteiger partial charge in [0.15, 0.2) is 0 Å². The van der Waals surface area contributed by atoms with Crippen LogP contribution in [0.15, 0.2) is 0 Å². The van der Waals surface area contributed by atoms with Crippen molar-refractivity contribution < 1.29 is 0 Å². The molecule has 0 unspecified atom stereocenters. The van der Waals surface area contributed by atoms with Gasteiger partial charge in [-0.3, -0.25) is 0 Å². The van der Waals surface area contributed by atoms with Crippen LogP contribution in [0.3, 0.4) is 0 Å². The van der Waals surface area contributed by atoms with Crippen LogP contribution < -0.4 is 0 Å². The zero-order valence-corrected chi connectivity index (χ0v) is 3.70. The first-order valence-corrected chi connectivity index (χ1v) is 2.43. The predicted octanol–water partition coefficient (Wildman–Crippen LogP) is 1.16. The molecule has 32 valence electrons. The van der Waals surface area contributed by atoms with Crippen molar-refractivity contribution in [3.8, 4) is 0 Å². The Morgan fingerprint density at radius 2 is 2.00 bits per heavy atom. The van der Waals surface area contributed by atoms with E-state index >= 15 is 0 Å². The van der Waals surface area contributed by atoms with Crippen molar-refractivity contribution in [3.63, 3.8) is 0 Å². The van der Waals surface area contributed by atoms with Gasteiger partial charge >= 0.3 is 29.6 Å². The minimum absolute atomic E-state index is 0. The van der Waals surface area contributed by atoms with E-state index in [-0.39, 0.29) is 29.6 Å². The summed E-state index contributed by atoms with van der Waals surface area (Å²) in [7, 11) is 0. The Hall–Kier alpha value is 1.00. The molecule has 1 aliphatic carbocycles. The summed E-state index contributed by atoms with van der Waals surface area (Å²) in [5.74, 6) is 1.13. The Morgan fingerprint density at radius 3 is 2.00 bits per heavy atom. The molecule has 0 aliphatic heterocycles. The molecule has 1 aliphatic rings. The van der Waals surface area contributed by atoms with E-state index in [1.165, 1.54) is 19.3 Å². The van der Waals surface area contributed by atoms with Gasteiger partial charge in [0.2, 0.25) is 0 Å². The van der Waals surface area contributed by atoms with Gasteiger partial charge in [-0.15, -0.1) is 0 Å². The quantitative estimate of drug-likeness (QED) is 0.428. The summed E-state index contributed by atoms with van der Waals surface area (Å²) in [6.07, 6.45) is 4.44. The fourth-order valence-electron chi connectivity index (χ4n) is 0.526. The molecule has 0 aromatic heterocycles. The third-order valence-electron chi connectivity index (χ3n) is 1.27. The average molecular weight is 94.1 g/mol. The SMILES string of the molecule is CCC1CC1.[NaH]. The number of hydrogen-bond donors (Lipinski definition) is 0. The van der Waals surface area contributed by atoms with Gasteiger partial charge in [-0.25, -0.2) is 0 Å². The van der Waals surface area contributed by atoms with Crippen molar-refractivity contribution in [2.75, 3.05) is 0 Å². The molecule has 0 N–H and O–H groups in total. The molecule has 0 amide bonds. The van der Waals surface area contributed by atoms with Gasteiger partial charge in [0.05, 0.1) is 0 Å². The Kier molecular flexibility index (Phi) is 3.57. The van der Waals surface area contributed by atoms with Crippen LogP contribution in [0.4, 0.5) is 0 Å². The van der Waals surface area contributed by atoms with Gasteiger partial charge in [-0.1, -0.05) is 26.2 Å². The van der Waals surface area contributed by atoms with Gasteiger partial charge in [0.1, 0.15) is 0 Å². The standard InChI is InChI=1S/C5H10.Na.H/c1-2-5-3-4-5;;/h5H,2-4H2,1H3;;. The van der Waals surface area contributed by atoms with E-state index in [2.05, 4.69) is 6.92 Å². The summed E-state index contributed by atoms with van der Waals surface area (Å²) in [5.41, 5.74) is 0. The van der Waals surface area contributed by atoms with E-state index in [0.29, 0.717) is 0 Å². The Labute approximate surface area is 61.6 Å². The van der Waals surface area contributed by atoms with E-state index in [9.17, 15) is 0 Å². The molecule has 0 radical (unpaired) electrons. The third kappa shape index (κ3) is 2.22. The summed E-state index contributed by atoms with van der Waals surface area (Å²) in [6.45, 7) is 2.26. The molecular weight excluding hydrogens is 83.0 g/mol. The molecule has 1 saturated carbocycles. The summed E-state index contributed by atoms with van der Waals surface area (Å²) in [5, 5.41) is 0. The molecular formula is C5H11Na. The van der Waals surface area contributed by atoms with Crippen LogP contribution in [0.5, 0.6) is 0 Å².